The van der Waals surface area contributed by atoms with Crippen molar-refractivity contribution in [1.82, 2.24) is 5.32 Å². The molecule has 0 rings (SSSR count). The molecule has 0 fully saturated rings. The summed E-state index contributed by atoms with van der Waals surface area (Å²) in [5, 5.41) is 11.3. The van der Waals surface area contributed by atoms with Gasteiger partial charge in [0.2, 0.25) is 0 Å². The van der Waals surface area contributed by atoms with E-state index in [1.807, 2.05) is 27.1 Å². The normalized spacial score (nSPS) is 11.1. The van der Waals surface area contributed by atoms with E-state index in [0.717, 1.165) is 11.1 Å². The molecular weight excluding hydrogens is 222 g/mol. The van der Waals surface area contributed by atoms with Crippen LogP contribution in [0.15, 0.2) is 23.4 Å². The van der Waals surface area contributed by atoms with Gasteiger partial charge in [-0.25, -0.2) is 0 Å². The van der Waals surface area contributed by atoms with Gasteiger partial charge >= 0.3 is 5.97 Å². The molecule has 0 atom stereocenters. The van der Waals surface area contributed by atoms with Crippen LogP contribution in [0.25, 0.3) is 0 Å². The van der Waals surface area contributed by atoms with E-state index in [0.29, 0.717) is 13.1 Å². The Bertz CT molecular complexity index is 282. The first-order chi connectivity index (χ1) is 7.99. The second-order valence-electron chi connectivity index (χ2n) is 3.15. The van der Waals surface area contributed by atoms with Gasteiger partial charge in [0.25, 0.3) is 6.47 Å². The molecule has 0 saturated carbocycles. The minimum atomic E-state index is -0.799. The topological polar surface area (TPSA) is 75.6 Å². The van der Waals surface area contributed by atoms with Gasteiger partial charge in [0.1, 0.15) is 0 Å². The third-order valence-electron chi connectivity index (χ3n) is 1.80. The minimum Gasteiger partial charge on any atom is -0.481 e. The van der Waals surface area contributed by atoms with Gasteiger partial charge in [-0.3, -0.25) is 9.59 Å². The number of ether oxygens (including phenoxy) is 1. The Kier molecular flexibility index (Phi) is 12.7. The van der Waals surface area contributed by atoms with Crippen molar-refractivity contribution in [3.05, 3.63) is 23.4 Å². The van der Waals surface area contributed by atoms with Crippen LogP contribution in [0, 0.1) is 0 Å². The molecule has 0 heterocycles. The maximum atomic E-state index is 10.2. The molecule has 0 aromatic rings. The van der Waals surface area contributed by atoms with Gasteiger partial charge in [-0.05, 0) is 32.5 Å². The molecule has 0 amide bonds. The number of carboxylic acid groups (broad SMARTS) is 1. The number of carbonyl (C=O) groups is 2. The van der Waals surface area contributed by atoms with Gasteiger partial charge in [-0.1, -0.05) is 11.6 Å². The number of hydrogen-bond acceptors (Lipinski definition) is 4. The summed E-state index contributed by atoms with van der Waals surface area (Å²) >= 11 is 0. The molecule has 0 saturated heterocycles. The predicted octanol–water partition coefficient (Wildman–Crippen LogP) is 1.71. The highest BCUT2D eigenvalue weighted by atomic mass is 16.5. The van der Waals surface area contributed by atoms with Crippen molar-refractivity contribution in [3.8, 4) is 0 Å². The quantitative estimate of drug-likeness (QED) is 0.548. The number of allylic oxidation sites excluding steroid dienone is 2. The molecule has 0 aromatic heterocycles. The lowest BCUT2D eigenvalue weighted by molar-refractivity contribution is -0.136. The van der Waals surface area contributed by atoms with E-state index in [2.05, 4.69) is 10.1 Å². The summed E-state index contributed by atoms with van der Waals surface area (Å²) in [7, 11) is 1.81. The van der Waals surface area contributed by atoms with Crippen molar-refractivity contribution in [2.75, 3.05) is 13.7 Å². The molecule has 0 aromatic carbocycles. The summed E-state index contributed by atoms with van der Waals surface area (Å²) in [5.41, 5.74) is 2.05. The zero-order valence-electron chi connectivity index (χ0n) is 10.8. The first-order valence-electron chi connectivity index (χ1n) is 5.27. The van der Waals surface area contributed by atoms with Crippen molar-refractivity contribution >= 4 is 12.4 Å². The van der Waals surface area contributed by atoms with E-state index >= 15 is 0 Å². The lowest BCUT2D eigenvalue weighted by Gasteiger charge is -1.99. The van der Waals surface area contributed by atoms with Crippen LogP contribution >= 0.6 is 0 Å². The molecule has 0 unspecified atom stereocenters. The Hall–Kier alpha value is -1.78. The fourth-order valence-corrected chi connectivity index (χ4v) is 0.800. The lowest BCUT2D eigenvalue weighted by Crippen LogP contribution is -1.96. The number of rotatable bonds is 6. The summed E-state index contributed by atoms with van der Waals surface area (Å²) in [5.74, 6) is -0.799. The van der Waals surface area contributed by atoms with Gasteiger partial charge in [0.05, 0.1) is 13.0 Å². The minimum absolute atomic E-state index is 0.0841. The molecule has 0 radical (unpaired) electrons. The summed E-state index contributed by atoms with van der Waals surface area (Å²) in [4.78, 5) is 19.4. The van der Waals surface area contributed by atoms with E-state index in [4.69, 9.17) is 5.11 Å². The van der Waals surface area contributed by atoms with Crippen LogP contribution in [0.2, 0.25) is 0 Å². The molecule has 5 heteroatoms. The Balaban J connectivity index is 0. The van der Waals surface area contributed by atoms with Crippen molar-refractivity contribution in [3.63, 3.8) is 0 Å². The molecule has 0 aliphatic heterocycles. The molecule has 0 aliphatic rings. The van der Waals surface area contributed by atoms with Gasteiger partial charge in [0, 0.05) is 7.05 Å². The Morgan fingerprint density at radius 1 is 1.35 bits per heavy atom. The van der Waals surface area contributed by atoms with Crippen LogP contribution in [-0.4, -0.2) is 31.2 Å². The van der Waals surface area contributed by atoms with E-state index in [1.54, 1.807) is 13.0 Å². The van der Waals surface area contributed by atoms with Gasteiger partial charge in [0.15, 0.2) is 0 Å². The van der Waals surface area contributed by atoms with Gasteiger partial charge in [-0.15, -0.1) is 0 Å². The van der Waals surface area contributed by atoms with Crippen LogP contribution < -0.4 is 5.32 Å². The average molecular weight is 243 g/mol. The second-order valence-corrected chi connectivity index (χ2v) is 3.15. The number of carbonyl (C=O) groups excluding carboxylic acids is 1. The van der Waals surface area contributed by atoms with E-state index in [-0.39, 0.29) is 6.42 Å². The maximum absolute atomic E-state index is 10.2. The highest BCUT2D eigenvalue weighted by Crippen LogP contribution is 2.07. The van der Waals surface area contributed by atoms with Crippen LogP contribution in [0.1, 0.15) is 27.2 Å². The fraction of sp³-hybridized carbons (Fsp3) is 0.500. The number of aliphatic carboxylic acids is 1. The Labute approximate surface area is 102 Å². The van der Waals surface area contributed by atoms with Crippen molar-refractivity contribution in [2.24, 2.45) is 0 Å². The Morgan fingerprint density at radius 3 is 2.24 bits per heavy atom. The van der Waals surface area contributed by atoms with Crippen molar-refractivity contribution in [1.29, 1.82) is 0 Å². The zero-order valence-corrected chi connectivity index (χ0v) is 10.8. The first-order valence-corrected chi connectivity index (χ1v) is 5.27. The third kappa shape index (κ3) is 14.2. The molecule has 0 bridgehead atoms. The van der Waals surface area contributed by atoms with Gasteiger partial charge < -0.3 is 15.2 Å². The Morgan fingerprint density at radius 2 is 1.94 bits per heavy atom. The number of hydrogen-bond donors (Lipinski definition) is 2. The maximum Gasteiger partial charge on any atom is 0.307 e. The molecule has 17 heavy (non-hydrogen) atoms. The van der Waals surface area contributed by atoms with E-state index < -0.39 is 5.97 Å². The number of carboxylic acids is 1. The SMILES string of the molecule is CCOC=O.CN/C=C(C)\C(C)=C\CC(=O)O. The highest BCUT2D eigenvalue weighted by molar-refractivity contribution is 5.69. The largest absolute Gasteiger partial charge is 0.481 e. The first kappa shape index (κ1) is 17.6. The predicted molar refractivity (Wildman–Crippen MR) is 66.5 cm³/mol. The fourth-order valence-electron chi connectivity index (χ4n) is 0.800. The van der Waals surface area contributed by atoms with Crippen LogP contribution in [-0.2, 0) is 14.3 Å². The summed E-state index contributed by atoms with van der Waals surface area (Å²) in [6.45, 7) is 6.49. The third-order valence-corrected chi connectivity index (χ3v) is 1.80. The van der Waals surface area contributed by atoms with Crippen molar-refractivity contribution in [2.45, 2.75) is 27.2 Å². The van der Waals surface area contributed by atoms with Crippen molar-refractivity contribution < 1.29 is 19.4 Å². The monoisotopic (exact) mass is 243 g/mol. The van der Waals surface area contributed by atoms with Crippen LogP contribution in [0.3, 0.4) is 0 Å². The lowest BCUT2D eigenvalue weighted by atomic mass is 10.1. The van der Waals surface area contributed by atoms with Crippen LogP contribution in [0.4, 0.5) is 0 Å². The zero-order chi connectivity index (χ0) is 13.7. The van der Waals surface area contributed by atoms with E-state index in [9.17, 15) is 9.59 Å². The molecule has 98 valence electrons. The van der Waals surface area contributed by atoms with Gasteiger partial charge in [-0.2, -0.15) is 0 Å². The standard InChI is InChI=1S/C9H15NO2.C3H6O2/c1-7(4-5-9(11)12)8(2)6-10-3;1-2-5-3-4/h4,6,10H,5H2,1-3H3,(H,11,12);3H,2H2,1H3/b7-4+,8-6-;. The second kappa shape index (κ2) is 12.3. The summed E-state index contributed by atoms with van der Waals surface area (Å²) in [6.07, 6.45) is 3.62. The summed E-state index contributed by atoms with van der Waals surface area (Å²) in [6, 6.07) is 0. The molecule has 0 spiro atoms. The molecule has 2 N–H and O–H groups in total. The molecule has 5 nitrogen and oxygen atoms in total. The molecule has 0 aliphatic carbocycles. The smallest absolute Gasteiger partial charge is 0.307 e. The van der Waals surface area contributed by atoms with E-state index in [1.165, 1.54) is 0 Å². The number of nitrogens with one attached hydrogen (secondary N) is 1. The average Bonchev–Trinajstić information content (AvgIpc) is 2.28. The van der Waals surface area contributed by atoms with Crippen LogP contribution in [0.5, 0.6) is 0 Å². The highest BCUT2D eigenvalue weighted by Gasteiger charge is 1.95. The summed E-state index contributed by atoms with van der Waals surface area (Å²) < 4.78 is 4.15. The molecular formula is C12H21NO4.